The molecule has 0 spiro atoms. The van der Waals surface area contributed by atoms with Crippen LogP contribution in [0.1, 0.15) is 0 Å². The molecule has 0 amide bonds. The monoisotopic (exact) mass is 387 g/mol. The molecule has 2 heterocycles. The van der Waals surface area contributed by atoms with E-state index in [1.54, 1.807) is 6.33 Å². The Balaban J connectivity index is 1.47. The molecule has 4 heteroatoms. The summed E-state index contributed by atoms with van der Waals surface area (Å²) in [5.41, 5.74) is 6.07. The van der Waals surface area contributed by atoms with Crippen LogP contribution in [0.4, 0.5) is 17.1 Å². The van der Waals surface area contributed by atoms with Crippen molar-refractivity contribution < 1.29 is 4.74 Å². The molecule has 0 bridgehead atoms. The Morgan fingerprint density at radius 3 is 1.97 bits per heavy atom. The molecule has 6 rings (SSSR count). The van der Waals surface area contributed by atoms with Crippen LogP contribution in [0.15, 0.2) is 103 Å². The first-order valence-electron chi connectivity index (χ1n) is 9.85. The van der Waals surface area contributed by atoms with E-state index in [9.17, 15) is 0 Å². The van der Waals surface area contributed by atoms with Crippen molar-refractivity contribution in [3.63, 3.8) is 0 Å². The fourth-order valence-electron chi connectivity index (χ4n) is 3.99. The van der Waals surface area contributed by atoms with Gasteiger partial charge in [0.05, 0.1) is 22.6 Å². The van der Waals surface area contributed by atoms with Crippen molar-refractivity contribution in [2.45, 2.75) is 0 Å². The summed E-state index contributed by atoms with van der Waals surface area (Å²) >= 11 is 0. The van der Waals surface area contributed by atoms with Gasteiger partial charge in [-0.15, -0.1) is 0 Å². The predicted molar refractivity (Wildman–Crippen MR) is 120 cm³/mol. The van der Waals surface area contributed by atoms with Crippen LogP contribution in [0.2, 0.25) is 0 Å². The number of ether oxygens (including phenoxy) is 1. The van der Waals surface area contributed by atoms with E-state index in [-0.39, 0.29) is 0 Å². The lowest BCUT2D eigenvalue weighted by Gasteiger charge is -2.32. The Morgan fingerprint density at radius 2 is 1.23 bits per heavy atom. The number of fused-ring (bicyclic) bond motifs is 3. The summed E-state index contributed by atoms with van der Waals surface area (Å²) in [5, 5.41) is 1.05. The molecule has 0 N–H and O–H groups in total. The Kier molecular flexibility index (Phi) is 3.74. The number of hydrogen-bond donors (Lipinski definition) is 0. The summed E-state index contributed by atoms with van der Waals surface area (Å²) in [7, 11) is 0. The zero-order valence-electron chi connectivity index (χ0n) is 16.1. The number of nitrogens with zero attached hydrogens (tertiary/aromatic N) is 3. The van der Waals surface area contributed by atoms with Crippen LogP contribution in [0, 0.1) is 0 Å². The van der Waals surface area contributed by atoms with Gasteiger partial charge >= 0.3 is 0 Å². The molecule has 30 heavy (non-hydrogen) atoms. The van der Waals surface area contributed by atoms with Gasteiger partial charge in [0.1, 0.15) is 6.33 Å². The van der Waals surface area contributed by atoms with Crippen LogP contribution in [0.5, 0.6) is 11.5 Å². The average Bonchev–Trinajstić information content (AvgIpc) is 2.82. The van der Waals surface area contributed by atoms with Crippen molar-refractivity contribution in [1.82, 2.24) is 9.97 Å². The van der Waals surface area contributed by atoms with Crippen molar-refractivity contribution in [3.8, 4) is 22.8 Å². The Bertz CT molecular complexity index is 1330. The van der Waals surface area contributed by atoms with Crippen LogP contribution < -0.4 is 9.64 Å². The summed E-state index contributed by atoms with van der Waals surface area (Å²) in [6.45, 7) is 0. The van der Waals surface area contributed by atoms with Gasteiger partial charge < -0.3 is 9.64 Å². The average molecular weight is 387 g/mol. The molecule has 1 aliphatic heterocycles. The second-order valence-electron chi connectivity index (χ2n) is 7.16. The molecule has 4 nitrogen and oxygen atoms in total. The topological polar surface area (TPSA) is 38.2 Å². The molecule has 4 aromatic carbocycles. The number of hydrogen-bond acceptors (Lipinski definition) is 4. The van der Waals surface area contributed by atoms with Crippen LogP contribution in [0.3, 0.4) is 0 Å². The van der Waals surface area contributed by atoms with Crippen LogP contribution in [-0.2, 0) is 0 Å². The Labute approximate surface area is 174 Å². The lowest BCUT2D eigenvalue weighted by Crippen LogP contribution is -2.15. The van der Waals surface area contributed by atoms with Gasteiger partial charge in [-0.25, -0.2) is 9.97 Å². The minimum atomic E-state index is 0.849. The number of aromatic nitrogens is 2. The Morgan fingerprint density at radius 1 is 0.600 bits per heavy atom. The highest BCUT2D eigenvalue weighted by molar-refractivity contribution is 5.93. The first-order valence-corrected chi connectivity index (χ1v) is 9.85. The zero-order valence-corrected chi connectivity index (χ0v) is 16.1. The third kappa shape index (κ3) is 2.62. The van der Waals surface area contributed by atoms with E-state index in [1.165, 1.54) is 0 Å². The molecule has 0 unspecified atom stereocenters. The van der Waals surface area contributed by atoms with Gasteiger partial charge in [0.25, 0.3) is 0 Å². The standard InChI is InChI=1S/C26H17N3O/c1-2-8-21-20(7-1)26(28-17-27-21)18-13-15-19(16-14-18)29-22-9-3-5-11-24(22)30-25-12-6-4-10-23(25)29/h1-17H. The van der Waals surface area contributed by atoms with E-state index in [2.05, 4.69) is 57.3 Å². The predicted octanol–water partition coefficient (Wildman–Crippen LogP) is 6.87. The highest BCUT2D eigenvalue weighted by atomic mass is 16.5. The van der Waals surface area contributed by atoms with Crippen molar-refractivity contribution in [1.29, 1.82) is 0 Å². The lowest BCUT2D eigenvalue weighted by molar-refractivity contribution is 0.477. The summed E-state index contributed by atoms with van der Waals surface area (Å²) < 4.78 is 6.11. The van der Waals surface area contributed by atoms with Gasteiger partial charge in [-0.05, 0) is 42.5 Å². The number of rotatable bonds is 2. The van der Waals surface area contributed by atoms with Crippen molar-refractivity contribution in [2.75, 3.05) is 4.90 Å². The quantitative estimate of drug-likeness (QED) is 0.325. The van der Waals surface area contributed by atoms with Crippen molar-refractivity contribution >= 4 is 28.0 Å². The van der Waals surface area contributed by atoms with Crippen LogP contribution in [0.25, 0.3) is 22.2 Å². The van der Waals surface area contributed by atoms with Crippen molar-refractivity contribution in [2.24, 2.45) is 0 Å². The summed E-state index contributed by atoms with van der Waals surface area (Å²) in [4.78, 5) is 11.2. The lowest BCUT2D eigenvalue weighted by atomic mass is 10.0. The van der Waals surface area contributed by atoms with Gasteiger partial charge in [0, 0.05) is 16.6 Å². The number of benzene rings is 4. The van der Waals surface area contributed by atoms with E-state index in [4.69, 9.17) is 4.74 Å². The first-order chi connectivity index (χ1) is 14.9. The molecule has 142 valence electrons. The normalized spacial score (nSPS) is 12.2. The van der Waals surface area contributed by atoms with E-state index in [0.717, 1.165) is 50.7 Å². The second-order valence-corrected chi connectivity index (χ2v) is 7.16. The molecule has 5 aromatic rings. The maximum atomic E-state index is 6.11. The minimum Gasteiger partial charge on any atom is -0.453 e. The van der Waals surface area contributed by atoms with E-state index >= 15 is 0 Å². The fraction of sp³-hybridized carbons (Fsp3) is 0. The maximum absolute atomic E-state index is 6.11. The van der Waals surface area contributed by atoms with Gasteiger partial charge in [-0.2, -0.15) is 0 Å². The molecular weight excluding hydrogens is 370 g/mol. The molecule has 0 saturated heterocycles. The smallest absolute Gasteiger partial charge is 0.151 e. The Hall–Kier alpha value is -4.18. The van der Waals surface area contributed by atoms with Crippen molar-refractivity contribution in [3.05, 3.63) is 103 Å². The van der Waals surface area contributed by atoms with Crippen LogP contribution in [-0.4, -0.2) is 9.97 Å². The van der Waals surface area contributed by atoms with Gasteiger partial charge in [0.2, 0.25) is 0 Å². The molecule has 0 aliphatic carbocycles. The summed E-state index contributed by atoms with van der Waals surface area (Å²) in [6, 6.07) is 32.8. The highest BCUT2D eigenvalue weighted by Gasteiger charge is 2.25. The summed E-state index contributed by atoms with van der Waals surface area (Å²) in [5.74, 6) is 1.70. The molecule has 0 atom stereocenters. The summed E-state index contributed by atoms with van der Waals surface area (Å²) in [6.07, 6.45) is 1.63. The highest BCUT2D eigenvalue weighted by Crippen LogP contribution is 2.50. The van der Waals surface area contributed by atoms with Gasteiger partial charge in [-0.1, -0.05) is 54.6 Å². The van der Waals surface area contributed by atoms with Gasteiger partial charge in [-0.3, -0.25) is 0 Å². The zero-order chi connectivity index (χ0) is 19.9. The third-order valence-electron chi connectivity index (χ3n) is 5.37. The third-order valence-corrected chi connectivity index (χ3v) is 5.37. The molecule has 0 saturated carbocycles. The molecule has 1 aromatic heterocycles. The van der Waals surface area contributed by atoms with E-state index in [1.807, 2.05) is 54.6 Å². The van der Waals surface area contributed by atoms with Gasteiger partial charge in [0.15, 0.2) is 11.5 Å². The maximum Gasteiger partial charge on any atom is 0.151 e. The number of anilines is 3. The molecule has 1 aliphatic rings. The second kappa shape index (κ2) is 6.71. The van der Waals surface area contributed by atoms with E-state index in [0.29, 0.717) is 0 Å². The van der Waals surface area contributed by atoms with Crippen LogP contribution >= 0.6 is 0 Å². The minimum absolute atomic E-state index is 0.849. The number of para-hydroxylation sites is 5. The van der Waals surface area contributed by atoms with E-state index < -0.39 is 0 Å². The largest absolute Gasteiger partial charge is 0.453 e. The first kappa shape index (κ1) is 16.7. The fourth-order valence-corrected chi connectivity index (χ4v) is 3.99. The molecule has 0 fully saturated rings. The molecular formula is C26H17N3O. The SMILES string of the molecule is c1ccc2c(c1)Oc1ccccc1N2c1ccc(-c2ncnc3ccccc23)cc1. The molecule has 0 radical (unpaired) electrons.